The average Bonchev–Trinajstić information content (AvgIpc) is 3.09. The third kappa shape index (κ3) is 2.15. The lowest BCUT2D eigenvalue weighted by atomic mass is 10.2. The van der Waals surface area contributed by atoms with Crippen LogP contribution in [0.2, 0.25) is 0 Å². The Kier molecular flexibility index (Phi) is 2.88. The van der Waals surface area contributed by atoms with Crippen molar-refractivity contribution in [2.45, 2.75) is 6.54 Å². The van der Waals surface area contributed by atoms with Crippen molar-refractivity contribution in [2.24, 2.45) is 0 Å². The molecule has 0 aromatic carbocycles. The van der Waals surface area contributed by atoms with Crippen LogP contribution in [-0.4, -0.2) is 26.1 Å². The topological polar surface area (TPSA) is 81.1 Å². The smallest absolute Gasteiger partial charge is 0.358 e. The minimum atomic E-state index is -1.09. The van der Waals surface area contributed by atoms with Crippen LogP contribution in [0.25, 0.3) is 10.6 Å². The number of nitrogens with zero attached hydrogens (tertiary/aromatic N) is 3. The van der Waals surface area contributed by atoms with Crippen molar-refractivity contribution in [3.8, 4) is 10.6 Å². The minimum absolute atomic E-state index is 0.0472. The summed E-state index contributed by atoms with van der Waals surface area (Å²) in [5, 5.41) is 18.7. The Hall–Kier alpha value is -2.41. The first-order chi connectivity index (χ1) is 9.25. The number of furan rings is 1. The van der Waals surface area contributed by atoms with Crippen LogP contribution >= 0.6 is 11.3 Å². The molecule has 0 spiro atoms. The number of aromatic carboxylic acids is 1. The van der Waals surface area contributed by atoms with Crippen LogP contribution in [0.3, 0.4) is 0 Å². The van der Waals surface area contributed by atoms with Gasteiger partial charge in [-0.25, -0.2) is 9.48 Å². The highest BCUT2D eigenvalue weighted by Gasteiger charge is 2.21. The zero-order valence-corrected chi connectivity index (χ0v) is 10.5. The molecule has 3 aromatic heterocycles. The number of hydrogen-bond donors (Lipinski definition) is 1. The van der Waals surface area contributed by atoms with Gasteiger partial charge in [0, 0.05) is 0 Å². The van der Waals surface area contributed by atoms with E-state index in [0.29, 0.717) is 18.0 Å². The van der Waals surface area contributed by atoms with E-state index in [1.807, 2.05) is 17.5 Å². The maximum absolute atomic E-state index is 11.2. The second kappa shape index (κ2) is 4.69. The predicted molar refractivity (Wildman–Crippen MR) is 68.1 cm³/mol. The van der Waals surface area contributed by atoms with Gasteiger partial charge in [-0.1, -0.05) is 11.3 Å². The van der Waals surface area contributed by atoms with Gasteiger partial charge in [0.05, 0.1) is 11.1 Å². The average molecular weight is 275 g/mol. The van der Waals surface area contributed by atoms with Crippen molar-refractivity contribution < 1.29 is 14.3 Å². The van der Waals surface area contributed by atoms with Gasteiger partial charge in [-0.15, -0.1) is 16.4 Å². The van der Waals surface area contributed by atoms with Gasteiger partial charge in [0.1, 0.15) is 18.0 Å². The molecule has 0 amide bonds. The molecule has 6 nitrogen and oxygen atoms in total. The molecule has 3 heterocycles. The Balaban J connectivity index is 2.07. The number of thiophene rings is 1. The van der Waals surface area contributed by atoms with Gasteiger partial charge in [-0.05, 0) is 23.6 Å². The quantitative estimate of drug-likeness (QED) is 0.790. The van der Waals surface area contributed by atoms with E-state index in [0.717, 1.165) is 4.88 Å². The molecule has 0 bridgehead atoms. The zero-order chi connectivity index (χ0) is 13.2. The van der Waals surface area contributed by atoms with Crippen molar-refractivity contribution in [1.82, 2.24) is 15.0 Å². The van der Waals surface area contributed by atoms with Crippen molar-refractivity contribution in [2.75, 3.05) is 0 Å². The summed E-state index contributed by atoms with van der Waals surface area (Å²) in [6.07, 6.45) is 1.56. The molecule has 0 saturated heterocycles. The first-order valence-electron chi connectivity index (χ1n) is 5.49. The molecule has 0 aliphatic rings. The van der Waals surface area contributed by atoms with Gasteiger partial charge in [0.25, 0.3) is 0 Å². The largest absolute Gasteiger partial charge is 0.476 e. The lowest BCUT2D eigenvalue weighted by Crippen LogP contribution is -2.04. The lowest BCUT2D eigenvalue weighted by molar-refractivity contribution is 0.0691. The highest BCUT2D eigenvalue weighted by atomic mass is 32.1. The normalized spacial score (nSPS) is 10.7. The van der Waals surface area contributed by atoms with E-state index >= 15 is 0 Å². The molecule has 19 heavy (non-hydrogen) atoms. The molecular formula is C12H9N3O3S. The Bertz CT molecular complexity index is 686. The van der Waals surface area contributed by atoms with Gasteiger partial charge in [0.15, 0.2) is 5.69 Å². The van der Waals surface area contributed by atoms with E-state index in [2.05, 4.69) is 10.3 Å². The molecular weight excluding hydrogens is 266 g/mol. The van der Waals surface area contributed by atoms with Crippen LogP contribution in [0.5, 0.6) is 0 Å². The number of aromatic nitrogens is 3. The predicted octanol–water partition coefficient (Wildman–Crippen LogP) is 2.35. The van der Waals surface area contributed by atoms with Gasteiger partial charge in [0.2, 0.25) is 0 Å². The monoisotopic (exact) mass is 275 g/mol. The summed E-state index contributed by atoms with van der Waals surface area (Å²) in [5.74, 6) is -0.395. The summed E-state index contributed by atoms with van der Waals surface area (Å²) in [6, 6.07) is 7.28. The zero-order valence-electron chi connectivity index (χ0n) is 9.68. The molecule has 1 N–H and O–H groups in total. The van der Waals surface area contributed by atoms with Crippen molar-refractivity contribution in [1.29, 1.82) is 0 Å². The number of carbonyl (C=O) groups is 1. The molecule has 3 rings (SSSR count). The fourth-order valence-corrected chi connectivity index (χ4v) is 2.55. The summed E-state index contributed by atoms with van der Waals surface area (Å²) in [4.78, 5) is 12.0. The number of hydrogen-bond acceptors (Lipinski definition) is 5. The number of rotatable bonds is 4. The van der Waals surface area contributed by atoms with Crippen LogP contribution < -0.4 is 0 Å². The van der Waals surface area contributed by atoms with Gasteiger partial charge < -0.3 is 9.52 Å². The molecule has 0 aliphatic heterocycles. The summed E-state index contributed by atoms with van der Waals surface area (Å²) >= 11 is 1.44. The second-order valence-electron chi connectivity index (χ2n) is 3.81. The Morgan fingerprint density at radius 1 is 1.42 bits per heavy atom. The van der Waals surface area contributed by atoms with Crippen LogP contribution in [0.15, 0.2) is 40.3 Å². The summed E-state index contributed by atoms with van der Waals surface area (Å²) < 4.78 is 6.78. The third-order valence-electron chi connectivity index (χ3n) is 2.58. The molecule has 0 unspecified atom stereocenters. The molecule has 3 aromatic rings. The molecule has 0 aliphatic carbocycles. The summed E-state index contributed by atoms with van der Waals surface area (Å²) in [5.41, 5.74) is 0.452. The molecule has 0 radical (unpaired) electrons. The molecule has 0 saturated carbocycles. The van der Waals surface area contributed by atoms with Crippen LogP contribution in [0.4, 0.5) is 0 Å². The van der Waals surface area contributed by atoms with Crippen LogP contribution in [0, 0.1) is 0 Å². The van der Waals surface area contributed by atoms with E-state index in [-0.39, 0.29) is 5.69 Å². The molecule has 0 atom stereocenters. The maximum Gasteiger partial charge on any atom is 0.358 e. The minimum Gasteiger partial charge on any atom is -0.476 e. The van der Waals surface area contributed by atoms with E-state index < -0.39 is 5.97 Å². The maximum atomic E-state index is 11.2. The highest BCUT2D eigenvalue weighted by Crippen LogP contribution is 2.27. The van der Waals surface area contributed by atoms with Gasteiger partial charge in [-0.2, -0.15) is 0 Å². The fraction of sp³-hybridized carbons (Fsp3) is 0.0833. The molecule has 7 heteroatoms. The van der Waals surface area contributed by atoms with Crippen molar-refractivity contribution in [3.05, 3.63) is 47.4 Å². The van der Waals surface area contributed by atoms with E-state index in [9.17, 15) is 4.79 Å². The van der Waals surface area contributed by atoms with E-state index in [1.165, 1.54) is 16.0 Å². The van der Waals surface area contributed by atoms with Gasteiger partial charge in [-0.3, -0.25) is 0 Å². The lowest BCUT2D eigenvalue weighted by Gasteiger charge is -2.03. The van der Waals surface area contributed by atoms with Crippen LogP contribution in [0.1, 0.15) is 16.2 Å². The van der Waals surface area contributed by atoms with Crippen LogP contribution in [-0.2, 0) is 6.54 Å². The van der Waals surface area contributed by atoms with E-state index in [1.54, 1.807) is 18.4 Å². The Labute approximate surface area is 111 Å². The summed E-state index contributed by atoms with van der Waals surface area (Å²) in [7, 11) is 0. The molecule has 96 valence electrons. The van der Waals surface area contributed by atoms with Crippen molar-refractivity contribution >= 4 is 17.3 Å². The van der Waals surface area contributed by atoms with Crippen molar-refractivity contribution in [3.63, 3.8) is 0 Å². The molecule has 0 fully saturated rings. The van der Waals surface area contributed by atoms with Gasteiger partial charge >= 0.3 is 5.97 Å². The summed E-state index contributed by atoms with van der Waals surface area (Å²) in [6.45, 7) is 0.348. The highest BCUT2D eigenvalue weighted by molar-refractivity contribution is 7.13. The number of carboxylic acids is 1. The first kappa shape index (κ1) is 11.7. The van der Waals surface area contributed by atoms with E-state index in [4.69, 9.17) is 9.52 Å². The second-order valence-corrected chi connectivity index (χ2v) is 4.75. The fourth-order valence-electron chi connectivity index (χ4n) is 1.78. The number of carboxylic acid groups (broad SMARTS) is 1. The third-order valence-corrected chi connectivity index (χ3v) is 3.45. The first-order valence-corrected chi connectivity index (χ1v) is 6.36. The Morgan fingerprint density at radius 2 is 2.32 bits per heavy atom. The SMILES string of the molecule is O=C(O)c1nnn(Cc2ccco2)c1-c1cccs1. The Morgan fingerprint density at radius 3 is 2.95 bits per heavy atom. The standard InChI is InChI=1S/C12H9N3O3S/c16-12(17)10-11(9-4-2-6-19-9)15(14-13-10)7-8-3-1-5-18-8/h1-6H,7H2,(H,16,17).